The molecule has 0 saturated heterocycles. The number of hydrogen-bond acceptors (Lipinski definition) is 4. The predicted octanol–water partition coefficient (Wildman–Crippen LogP) is 1.11. The minimum absolute atomic E-state index is 0.111. The first-order valence-electron chi connectivity index (χ1n) is 7.72. The number of rotatable bonds is 8. The molecule has 0 saturated carbocycles. The standard InChI is InChI=1S/C16H27N3O3S/c1-11(2)19-23(21,22)10-15-8-6-5-7-14(15)9-18-16(20)12(3)13(4)17/h5-8,11-13,19H,9-10,17H2,1-4H3,(H,18,20). The van der Waals surface area contributed by atoms with Crippen LogP contribution in [-0.4, -0.2) is 26.4 Å². The SMILES string of the molecule is CC(C)NS(=O)(=O)Cc1ccccc1CNC(=O)C(C)C(C)N. The number of carbonyl (C=O) groups excluding carboxylic acids is 1. The van der Waals surface area contributed by atoms with Crippen molar-refractivity contribution in [2.75, 3.05) is 0 Å². The van der Waals surface area contributed by atoms with Crippen LogP contribution in [0.5, 0.6) is 0 Å². The summed E-state index contributed by atoms with van der Waals surface area (Å²) in [5.41, 5.74) is 7.18. The largest absolute Gasteiger partial charge is 0.352 e. The quantitative estimate of drug-likeness (QED) is 0.659. The van der Waals surface area contributed by atoms with E-state index >= 15 is 0 Å². The van der Waals surface area contributed by atoms with E-state index in [4.69, 9.17) is 5.73 Å². The molecule has 1 aromatic carbocycles. The summed E-state index contributed by atoms with van der Waals surface area (Å²) in [5, 5.41) is 2.81. The van der Waals surface area contributed by atoms with Crippen molar-refractivity contribution in [2.24, 2.45) is 11.7 Å². The third-order valence-corrected chi connectivity index (χ3v) is 5.06. The van der Waals surface area contributed by atoms with Gasteiger partial charge in [-0.25, -0.2) is 13.1 Å². The minimum Gasteiger partial charge on any atom is -0.352 e. The van der Waals surface area contributed by atoms with Gasteiger partial charge in [-0.3, -0.25) is 4.79 Å². The van der Waals surface area contributed by atoms with Crippen molar-refractivity contribution in [1.29, 1.82) is 0 Å². The van der Waals surface area contributed by atoms with E-state index in [1.54, 1.807) is 39.8 Å². The molecule has 1 amide bonds. The molecule has 2 unspecified atom stereocenters. The van der Waals surface area contributed by atoms with E-state index in [-0.39, 0.29) is 36.2 Å². The van der Waals surface area contributed by atoms with E-state index in [2.05, 4.69) is 10.0 Å². The van der Waals surface area contributed by atoms with Crippen molar-refractivity contribution in [3.05, 3.63) is 35.4 Å². The van der Waals surface area contributed by atoms with Gasteiger partial charge in [0.15, 0.2) is 0 Å². The molecule has 130 valence electrons. The topological polar surface area (TPSA) is 101 Å². The molecule has 0 fully saturated rings. The van der Waals surface area contributed by atoms with Crippen LogP contribution < -0.4 is 15.8 Å². The van der Waals surface area contributed by atoms with Gasteiger partial charge in [0.05, 0.1) is 5.75 Å². The van der Waals surface area contributed by atoms with Crippen LogP contribution in [0.4, 0.5) is 0 Å². The first-order valence-corrected chi connectivity index (χ1v) is 9.37. The first-order chi connectivity index (χ1) is 10.6. The zero-order valence-electron chi connectivity index (χ0n) is 14.2. The maximum Gasteiger partial charge on any atom is 0.224 e. The van der Waals surface area contributed by atoms with Crippen LogP contribution in [0.1, 0.15) is 38.8 Å². The average Bonchev–Trinajstić information content (AvgIpc) is 2.43. The number of hydrogen-bond donors (Lipinski definition) is 3. The molecule has 1 aromatic rings. The molecule has 6 nitrogen and oxygen atoms in total. The normalized spacial score (nSPS) is 14.5. The third kappa shape index (κ3) is 6.68. The second kappa shape index (κ2) is 8.42. The molecule has 0 aliphatic rings. The maximum atomic E-state index is 12.1. The van der Waals surface area contributed by atoms with Crippen LogP contribution in [0.15, 0.2) is 24.3 Å². The number of carbonyl (C=O) groups is 1. The molecule has 2 atom stereocenters. The Morgan fingerprint density at radius 1 is 1.13 bits per heavy atom. The highest BCUT2D eigenvalue weighted by atomic mass is 32.2. The second-order valence-electron chi connectivity index (χ2n) is 6.17. The minimum atomic E-state index is -3.41. The highest BCUT2D eigenvalue weighted by molar-refractivity contribution is 7.88. The first kappa shape index (κ1) is 19.6. The van der Waals surface area contributed by atoms with E-state index in [1.165, 1.54) is 0 Å². The van der Waals surface area contributed by atoms with Gasteiger partial charge >= 0.3 is 0 Å². The average molecular weight is 341 g/mol. The van der Waals surface area contributed by atoms with Gasteiger partial charge in [-0.15, -0.1) is 0 Å². The fourth-order valence-corrected chi connectivity index (χ4v) is 3.55. The Balaban J connectivity index is 2.80. The molecule has 0 spiro atoms. The van der Waals surface area contributed by atoms with Crippen molar-refractivity contribution < 1.29 is 13.2 Å². The van der Waals surface area contributed by atoms with Crippen LogP contribution in [-0.2, 0) is 27.1 Å². The summed E-state index contributed by atoms with van der Waals surface area (Å²) in [6, 6.07) is 6.80. The van der Waals surface area contributed by atoms with E-state index < -0.39 is 10.0 Å². The van der Waals surface area contributed by atoms with Crippen LogP contribution in [0.3, 0.4) is 0 Å². The Labute approximate surface area is 138 Å². The molecule has 0 bridgehead atoms. The van der Waals surface area contributed by atoms with Crippen molar-refractivity contribution in [1.82, 2.24) is 10.0 Å². The molecule has 7 heteroatoms. The summed E-state index contributed by atoms with van der Waals surface area (Å²) in [7, 11) is -3.41. The van der Waals surface area contributed by atoms with E-state index in [9.17, 15) is 13.2 Å². The lowest BCUT2D eigenvalue weighted by molar-refractivity contribution is -0.125. The molecule has 0 aromatic heterocycles. The van der Waals surface area contributed by atoms with Crippen molar-refractivity contribution in [2.45, 2.75) is 52.1 Å². The molecule has 0 aliphatic heterocycles. The smallest absolute Gasteiger partial charge is 0.224 e. The lowest BCUT2D eigenvalue weighted by Crippen LogP contribution is -2.38. The molecule has 0 heterocycles. The van der Waals surface area contributed by atoms with Gasteiger partial charge in [0.1, 0.15) is 0 Å². The van der Waals surface area contributed by atoms with E-state index in [0.29, 0.717) is 5.56 Å². The van der Waals surface area contributed by atoms with Gasteiger partial charge in [0, 0.05) is 24.5 Å². The van der Waals surface area contributed by atoms with Crippen molar-refractivity contribution in [3.8, 4) is 0 Å². The van der Waals surface area contributed by atoms with Gasteiger partial charge in [-0.1, -0.05) is 31.2 Å². The summed E-state index contributed by atoms with van der Waals surface area (Å²) in [5.74, 6) is -0.549. The van der Waals surface area contributed by atoms with Gasteiger partial charge in [-0.05, 0) is 31.9 Å². The monoisotopic (exact) mass is 341 g/mol. The Bertz CT molecular complexity index is 627. The van der Waals surface area contributed by atoms with Crippen LogP contribution in [0.2, 0.25) is 0 Å². The molecular formula is C16H27N3O3S. The fourth-order valence-electron chi connectivity index (χ4n) is 2.06. The van der Waals surface area contributed by atoms with Gasteiger partial charge in [0.2, 0.25) is 15.9 Å². The van der Waals surface area contributed by atoms with Crippen LogP contribution in [0.25, 0.3) is 0 Å². The van der Waals surface area contributed by atoms with E-state index in [1.807, 2.05) is 12.1 Å². The molecule has 0 radical (unpaired) electrons. The summed E-state index contributed by atoms with van der Waals surface area (Å²) < 4.78 is 26.7. The number of amides is 1. The lowest BCUT2D eigenvalue weighted by atomic mass is 10.0. The summed E-state index contributed by atoms with van der Waals surface area (Å²) in [6.45, 7) is 7.38. The highest BCUT2D eigenvalue weighted by Crippen LogP contribution is 2.13. The Morgan fingerprint density at radius 2 is 1.70 bits per heavy atom. The summed E-state index contributed by atoms with van der Waals surface area (Å²) in [4.78, 5) is 12.0. The second-order valence-corrected chi connectivity index (χ2v) is 7.92. The Morgan fingerprint density at radius 3 is 2.22 bits per heavy atom. The van der Waals surface area contributed by atoms with Gasteiger partial charge < -0.3 is 11.1 Å². The number of nitrogens with one attached hydrogen (secondary N) is 2. The zero-order valence-corrected chi connectivity index (χ0v) is 15.0. The zero-order chi connectivity index (χ0) is 17.6. The summed E-state index contributed by atoms with van der Waals surface area (Å²) in [6.07, 6.45) is 0. The number of nitrogens with two attached hydrogens (primary N) is 1. The summed E-state index contributed by atoms with van der Waals surface area (Å²) >= 11 is 0. The third-order valence-electron chi connectivity index (χ3n) is 3.53. The molecule has 0 aliphatic carbocycles. The number of sulfonamides is 1. The van der Waals surface area contributed by atoms with Gasteiger partial charge in [-0.2, -0.15) is 0 Å². The molecular weight excluding hydrogens is 314 g/mol. The predicted molar refractivity (Wildman–Crippen MR) is 92.0 cm³/mol. The van der Waals surface area contributed by atoms with Crippen molar-refractivity contribution >= 4 is 15.9 Å². The number of benzene rings is 1. The van der Waals surface area contributed by atoms with Crippen LogP contribution >= 0.6 is 0 Å². The molecule has 23 heavy (non-hydrogen) atoms. The molecule has 1 rings (SSSR count). The highest BCUT2D eigenvalue weighted by Gasteiger charge is 2.18. The van der Waals surface area contributed by atoms with E-state index in [0.717, 1.165) is 5.56 Å². The Hall–Kier alpha value is -1.44. The fraction of sp³-hybridized carbons (Fsp3) is 0.562. The molecule has 4 N–H and O–H groups in total. The maximum absolute atomic E-state index is 12.1. The van der Waals surface area contributed by atoms with Crippen LogP contribution in [0, 0.1) is 5.92 Å². The van der Waals surface area contributed by atoms with Crippen molar-refractivity contribution in [3.63, 3.8) is 0 Å². The van der Waals surface area contributed by atoms with Gasteiger partial charge in [0.25, 0.3) is 0 Å². The lowest BCUT2D eigenvalue weighted by Gasteiger charge is -2.17. The Kier molecular flexibility index (Phi) is 7.18.